The zero-order valence-corrected chi connectivity index (χ0v) is 9.57. The van der Waals surface area contributed by atoms with E-state index in [1.165, 1.54) is 0 Å². The summed E-state index contributed by atoms with van der Waals surface area (Å²) in [6.07, 6.45) is -2.00. The van der Waals surface area contributed by atoms with Crippen LogP contribution in [0.15, 0.2) is 0 Å². The Hall–Kier alpha value is -0.790. The number of amides is 1. The molecule has 17 heavy (non-hydrogen) atoms. The van der Waals surface area contributed by atoms with E-state index >= 15 is 0 Å². The fourth-order valence-electron chi connectivity index (χ4n) is 1.83. The molecule has 0 aromatic rings. The van der Waals surface area contributed by atoms with E-state index < -0.39 is 24.4 Å². The molecule has 1 aliphatic rings. The third kappa shape index (κ3) is 3.86. The number of carbonyl (C=O) groups excluding carboxylic acids is 1. The van der Waals surface area contributed by atoms with Crippen LogP contribution >= 0.6 is 0 Å². The van der Waals surface area contributed by atoms with Crippen LogP contribution in [0.5, 0.6) is 0 Å². The van der Waals surface area contributed by atoms with E-state index in [-0.39, 0.29) is 13.2 Å². The molecule has 5 nitrogen and oxygen atoms in total. The molecule has 1 fully saturated rings. The van der Waals surface area contributed by atoms with Crippen molar-refractivity contribution in [2.45, 2.75) is 24.8 Å². The Labute approximate surface area is 98.5 Å². The summed E-state index contributed by atoms with van der Waals surface area (Å²) in [5, 5.41) is 8.78. The van der Waals surface area contributed by atoms with Crippen molar-refractivity contribution in [2.75, 3.05) is 32.9 Å². The van der Waals surface area contributed by atoms with Gasteiger partial charge in [0.1, 0.15) is 0 Å². The summed E-state index contributed by atoms with van der Waals surface area (Å²) in [5.74, 6) is -0.532. The number of aliphatic hydroxyl groups excluding tert-OH is 1. The number of nitrogens with two attached hydrogens (primary N) is 1. The first-order valence-electron chi connectivity index (χ1n) is 5.54. The third-order valence-corrected chi connectivity index (χ3v) is 2.83. The second kappa shape index (κ2) is 6.23. The lowest BCUT2D eigenvalue weighted by Crippen LogP contribution is -2.59. The molecule has 0 aromatic heterocycles. The molecule has 0 bridgehead atoms. The molecule has 0 saturated carbocycles. The van der Waals surface area contributed by atoms with Crippen LogP contribution in [0.25, 0.3) is 0 Å². The Morgan fingerprint density at radius 2 is 2.06 bits per heavy atom. The Bertz CT molecular complexity index is 258. The maximum absolute atomic E-state index is 12.3. The van der Waals surface area contributed by atoms with Gasteiger partial charge in [-0.15, -0.1) is 0 Å². The molecule has 1 heterocycles. The molecular formula is C10H18F2N2O3. The Morgan fingerprint density at radius 3 is 2.53 bits per heavy atom. The van der Waals surface area contributed by atoms with Gasteiger partial charge in [0.15, 0.2) is 0 Å². The van der Waals surface area contributed by atoms with Crippen LogP contribution in [-0.4, -0.2) is 60.8 Å². The molecule has 0 spiro atoms. The molecule has 1 rings (SSSR count). The van der Waals surface area contributed by atoms with Crippen LogP contribution < -0.4 is 5.73 Å². The van der Waals surface area contributed by atoms with E-state index in [1.807, 2.05) is 0 Å². The van der Waals surface area contributed by atoms with Gasteiger partial charge in [0.25, 0.3) is 6.43 Å². The Morgan fingerprint density at radius 1 is 1.47 bits per heavy atom. The first-order valence-corrected chi connectivity index (χ1v) is 5.54. The molecule has 0 radical (unpaired) electrons. The minimum Gasteiger partial charge on any atom is -0.395 e. The number of ether oxygens (including phenoxy) is 1. The summed E-state index contributed by atoms with van der Waals surface area (Å²) in [4.78, 5) is 13.0. The third-order valence-electron chi connectivity index (χ3n) is 2.83. The number of hydrogen-bond acceptors (Lipinski definition) is 4. The summed E-state index contributed by atoms with van der Waals surface area (Å²) >= 11 is 0. The zero-order valence-electron chi connectivity index (χ0n) is 9.57. The molecule has 3 N–H and O–H groups in total. The largest absolute Gasteiger partial charge is 0.395 e. The van der Waals surface area contributed by atoms with Crippen LogP contribution in [0.3, 0.4) is 0 Å². The fourth-order valence-corrected chi connectivity index (χ4v) is 1.83. The van der Waals surface area contributed by atoms with Crippen LogP contribution in [0.2, 0.25) is 0 Å². The van der Waals surface area contributed by atoms with Gasteiger partial charge in [-0.2, -0.15) is 0 Å². The van der Waals surface area contributed by atoms with Gasteiger partial charge in [0.05, 0.1) is 18.7 Å². The van der Waals surface area contributed by atoms with Gasteiger partial charge in [-0.25, -0.2) is 8.78 Å². The Kier molecular flexibility index (Phi) is 5.23. The van der Waals surface area contributed by atoms with Gasteiger partial charge in [-0.05, 0) is 12.8 Å². The highest BCUT2D eigenvalue weighted by Gasteiger charge is 2.39. The number of alkyl halides is 2. The molecular weight excluding hydrogens is 234 g/mol. The van der Waals surface area contributed by atoms with Gasteiger partial charge >= 0.3 is 0 Å². The molecule has 0 unspecified atom stereocenters. The summed E-state index contributed by atoms with van der Waals surface area (Å²) in [5.41, 5.74) is 4.78. The average Bonchev–Trinajstić information content (AvgIpc) is 2.28. The van der Waals surface area contributed by atoms with Crippen molar-refractivity contribution >= 4 is 5.91 Å². The van der Waals surface area contributed by atoms with Crippen molar-refractivity contribution < 1.29 is 23.4 Å². The zero-order chi connectivity index (χ0) is 12.9. The topological polar surface area (TPSA) is 75.8 Å². The van der Waals surface area contributed by atoms with Crippen molar-refractivity contribution in [3.63, 3.8) is 0 Å². The molecule has 0 atom stereocenters. The SMILES string of the molecule is NC1(C(=O)N(CCO)CC(F)F)CCOCC1. The van der Waals surface area contributed by atoms with Gasteiger partial charge in [0.2, 0.25) is 5.91 Å². The first-order chi connectivity index (χ1) is 7.99. The highest BCUT2D eigenvalue weighted by atomic mass is 19.3. The summed E-state index contributed by atoms with van der Waals surface area (Å²) in [7, 11) is 0. The summed E-state index contributed by atoms with van der Waals surface area (Å²) in [6, 6.07) is 0. The number of nitrogens with zero attached hydrogens (tertiary/aromatic N) is 1. The molecule has 1 amide bonds. The maximum Gasteiger partial charge on any atom is 0.255 e. The van der Waals surface area contributed by atoms with Gasteiger partial charge < -0.3 is 20.5 Å². The lowest BCUT2D eigenvalue weighted by molar-refractivity contribution is -0.143. The number of carbonyl (C=O) groups is 1. The minimum atomic E-state index is -2.63. The first kappa shape index (κ1) is 14.3. The number of hydrogen-bond donors (Lipinski definition) is 2. The second-order valence-corrected chi connectivity index (χ2v) is 4.13. The lowest BCUT2D eigenvalue weighted by Gasteiger charge is -2.36. The highest BCUT2D eigenvalue weighted by molar-refractivity contribution is 5.86. The molecule has 0 aliphatic carbocycles. The van der Waals surface area contributed by atoms with Gasteiger partial charge in [-0.3, -0.25) is 4.79 Å². The molecule has 7 heteroatoms. The van der Waals surface area contributed by atoms with Crippen LogP contribution in [0, 0.1) is 0 Å². The molecule has 100 valence electrons. The average molecular weight is 252 g/mol. The van der Waals surface area contributed by atoms with E-state index in [2.05, 4.69) is 0 Å². The highest BCUT2D eigenvalue weighted by Crippen LogP contribution is 2.20. The summed E-state index contributed by atoms with van der Waals surface area (Å²) < 4.78 is 29.7. The van der Waals surface area contributed by atoms with Gasteiger partial charge in [-0.1, -0.05) is 0 Å². The van der Waals surface area contributed by atoms with E-state index in [1.54, 1.807) is 0 Å². The monoisotopic (exact) mass is 252 g/mol. The van der Waals surface area contributed by atoms with E-state index in [9.17, 15) is 13.6 Å². The van der Waals surface area contributed by atoms with E-state index in [4.69, 9.17) is 15.6 Å². The predicted molar refractivity (Wildman–Crippen MR) is 56.6 cm³/mol. The number of halogens is 2. The standard InChI is InChI=1S/C10H18F2N2O3/c11-8(12)7-14(3-4-15)9(16)10(13)1-5-17-6-2-10/h8,15H,1-7,13H2. The van der Waals surface area contributed by atoms with Crippen molar-refractivity contribution in [3.8, 4) is 0 Å². The van der Waals surface area contributed by atoms with E-state index in [0.29, 0.717) is 26.1 Å². The van der Waals surface area contributed by atoms with Crippen molar-refractivity contribution in [3.05, 3.63) is 0 Å². The van der Waals surface area contributed by atoms with Crippen LogP contribution in [0.4, 0.5) is 8.78 Å². The minimum absolute atomic E-state index is 0.122. The van der Waals surface area contributed by atoms with Crippen molar-refractivity contribution in [2.24, 2.45) is 5.73 Å². The lowest BCUT2D eigenvalue weighted by atomic mass is 9.89. The molecule has 1 saturated heterocycles. The maximum atomic E-state index is 12.3. The quantitative estimate of drug-likeness (QED) is 0.697. The fraction of sp³-hybridized carbons (Fsp3) is 0.900. The van der Waals surface area contributed by atoms with Crippen LogP contribution in [-0.2, 0) is 9.53 Å². The smallest absolute Gasteiger partial charge is 0.255 e. The second-order valence-electron chi connectivity index (χ2n) is 4.13. The summed E-state index contributed by atoms with van der Waals surface area (Å²) in [6.45, 7) is -0.471. The normalized spacial score (nSPS) is 19.4. The number of rotatable bonds is 5. The molecule has 1 aliphatic heterocycles. The van der Waals surface area contributed by atoms with Crippen molar-refractivity contribution in [1.82, 2.24) is 4.90 Å². The van der Waals surface area contributed by atoms with Crippen LogP contribution in [0.1, 0.15) is 12.8 Å². The molecule has 0 aromatic carbocycles. The number of aliphatic hydroxyl groups is 1. The Balaban J connectivity index is 2.68. The van der Waals surface area contributed by atoms with Gasteiger partial charge in [0, 0.05) is 19.8 Å². The predicted octanol–water partition coefficient (Wildman–Crippen LogP) is -0.420. The van der Waals surface area contributed by atoms with Crippen molar-refractivity contribution in [1.29, 1.82) is 0 Å². The van der Waals surface area contributed by atoms with E-state index in [0.717, 1.165) is 4.90 Å².